The maximum absolute atomic E-state index is 5.98. The quantitative estimate of drug-likeness (QED) is 0.758. The van der Waals surface area contributed by atoms with Gasteiger partial charge in [0.1, 0.15) is 5.82 Å². The Balaban J connectivity index is 1.43. The second-order valence-electron chi connectivity index (χ2n) is 6.64. The van der Waals surface area contributed by atoms with Crippen molar-refractivity contribution in [2.45, 2.75) is 38.9 Å². The summed E-state index contributed by atoms with van der Waals surface area (Å²) in [5.74, 6) is 0.938. The molecule has 1 aliphatic heterocycles. The van der Waals surface area contributed by atoms with Gasteiger partial charge < -0.3 is 4.98 Å². The molecule has 0 saturated heterocycles. The summed E-state index contributed by atoms with van der Waals surface area (Å²) >= 11 is 5.98. The highest BCUT2D eigenvalue weighted by Gasteiger charge is 2.23. The Morgan fingerprint density at radius 1 is 1.28 bits per heavy atom. The number of nitrogens with one attached hydrogen (secondary N) is 1. The second kappa shape index (κ2) is 7.02. The van der Waals surface area contributed by atoms with E-state index in [0.717, 1.165) is 48.9 Å². The molecule has 3 aromatic rings. The van der Waals surface area contributed by atoms with Crippen molar-refractivity contribution in [3.05, 3.63) is 59.1 Å². The zero-order valence-corrected chi connectivity index (χ0v) is 15.1. The first-order valence-electron chi connectivity index (χ1n) is 8.74. The minimum absolute atomic E-state index is 0.514. The number of hydrogen-bond acceptors (Lipinski definition) is 3. The molecule has 5 nitrogen and oxygen atoms in total. The largest absolute Gasteiger partial charge is 0.341 e. The van der Waals surface area contributed by atoms with E-state index < -0.39 is 0 Å². The summed E-state index contributed by atoms with van der Waals surface area (Å²) in [5.41, 5.74) is 3.51. The highest BCUT2D eigenvalue weighted by molar-refractivity contribution is 6.30. The van der Waals surface area contributed by atoms with Crippen LogP contribution in [0.1, 0.15) is 24.7 Å². The molecule has 0 saturated carbocycles. The fourth-order valence-electron chi connectivity index (χ4n) is 3.37. The van der Waals surface area contributed by atoms with E-state index in [-0.39, 0.29) is 0 Å². The first kappa shape index (κ1) is 16.4. The average Bonchev–Trinajstić information content (AvgIpc) is 3.29. The van der Waals surface area contributed by atoms with Crippen molar-refractivity contribution in [2.24, 2.45) is 0 Å². The summed E-state index contributed by atoms with van der Waals surface area (Å²) in [4.78, 5) is 10.8. The molecule has 130 valence electrons. The van der Waals surface area contributed by atoms with Gasteiger partial charge >= 0.3 is 0 Å². The SMILES string of the molecule is C[C@@H](CCn1cccn1)N1CCc2nc(-c3ccc(Cl)cc3)[nH]c2C1. The minimum Gasteiger partial charge on any atom is -0.341 e. The molecule has 0 unspecified atom stereocenters. The van der Waals surface area contributed by atoms with Crippen molar-refractivity contribution in [1.82, 2.24) is 24.6 Å². The number of rotatable bonds is 5. The lowest BCUT2D eigenvalue weighted by atomic mass is 10.1. The van der Waals surface area contributed by atoms with E-state index in [1.807, 2.05) is 47.4 Å². The molecule has 0 radical (unpaired) electrons. The molecule has 0 bridgehead atoms. The molecule has 0 spiro atoms. The van der Waals surface area contributed by atoms with Crippen LogP contribution in [0.15, 0.2) is 42.7 Å². The monoisotopic (exact) mass is 355 g/mol. The van der Waals surface area contributed by atoms with Gasteiger partial charge in [-0.2, -0.15) is 5.10 Å². The fourth-order valence-corrected chi connectivity index (χ4v) is 3.50. The summed E-state index contributed by atoms with van der Waals surface area (Å²) in [6.07, 6.45) is 5.94. The van der Waals surface area contributed by atoms with Crippen molar-refractivity contribution < 1.29 is 0 Å². The molecule has 25 heavy (non-hydrogen) atoms. The van der Waals surface area contributed by atoms with Crippen LogP contribution in [0, 0.1) is 0 Å². The number of hydrogen-bond donors (Lipinski definition) is 1. The van der Waals surface area contributed by atoms with Gasteiger partial charge in [-0.25, -0.2) is 4.98 Å². The maximum Gasteiger partial charge on any atom is 0.137 e. The zero-order chi connectivity index (χ0) is 17.2. The van der Waals surface area contributed by atoms with E-state index in [9.17, 15) is 0 Å². The molecule has 0 aliphatic carbocycles. The smallest absolute Gasteiger partial charge is 0.137 e. The Bertz CT molecular complexity index is 822. The molecule has 1 N–H and O–H groups in total. The molecule has 1 atom stereocenters. The Hall–Kier alpha value is -2.11. The van der Waals surface area contributed by atoms with E-state index in [4.69, 9.17) is 16.6 Å². The van der Waals surface area contributed by atoms with Gasteiger partial charge in [0.05, 0.1) is 11.4 Å². The summed E-state index contributed by atoms with van der Waals surface area (Å²) in [7, 11) is 0. The van der Waals surface area contributed by atoms with Crippen LogP contribution in [0.2, 0.25) is 5.02 Å². The van der Waals surface area contributed by atoms with Crippen LogP contribution in [0.4, 0.5) is 0 Å². The molecule has 4 rings (SSSR count). The number of aromatic amines is 1. The van der Waals surface area contributed by atoms with Crippen LogP contribution in [0.3, 0.4) is 0 Å². The first-order valence-corrected chi connectivity index (χ1v) is 9.12. The third-order valence-electron chi connectivity index (χ3n) is 4.94. The zero-order valence-electron chi connectivity index (χ0n) is 14.3. The van der Waals surface area contributed by atoms with Gasteiger partial charge in [-0.3, -0.25) is 9.58 Å². The van der Waals surface area contributed by atoms with E-state index in [2.05, 4.69) is 21.9 Å². The molecular weight excluding hydrogens is 334 g/mol. The maximum atomic E-state index is 5.98. The van der Waals surface area contributed by atoms with Gasteiger partial charge in [0.2, 0.25) is 0 Å². The average molecular weight is 356 g/mol. The Morgan fingerprint density at radius 2 is 2.12 bits per heavy atom. The standard InChI is InChI=1S/C19H22ClN5/c1-14(7-12-25-10-2-9-21-25)24-11-8-17-18(13-24)23-19(22-17)15-3-5-16(20)6-4-15/h2-6,9-10,14H,7-8,11-13H2,1H3,(H,22,23)/t14-/m0/s1. The molecule has 1 aromatic carbocycles. The van der Waals surface area contributed by atoms with Crippen LogP contribution in [0.5, 0.6) is 0 Å². The second-order valence-corrected chi connectivity index (χ2v) is 7.08. The highest BCUT2D eigenvalue weighted by atomic mass is 35.5. The third kappa shape index (κ3) is 3.62. The minimum atomic E-state index is 0.514. The van der Waals surface area contributed by atoms with Crippen molar-refractivity contribution >= 4 is 11.6 Å². The number of aryl methyl sites for hydroxylation is 1. The summed E-state index contributed by atoms with van der Waals surface area (Å²) in [6.45, 7) is 5.23. The molecular formula is C19H22ClN5. The van der Waals surface area contributed by atoms with E-state index in [1.165, 1.54) is 11.4 Å². The van der Waals surface area contributed by atoms with Crippen molar-refractivity contribution in [2.75, 3.05) is 6.54 Å². The summed E-state index contributed by atoms with van der Waals surface area (Å²) < 4.78 is 2.00. The van der Waals surface area contributed by atoms with Crippen LogP contribution in [0.25, 0.3) is 11.4 Å². The molecule has 0 fully saturated rings. The molecule has 2 aromatic heterocycles. The van der Waals surface area contributed by atoms with Gasteiger partial charge in [-0.15, -0.1) is 0 Å². The predicted molar refractivity (Wildman–Crippen MR) is 99.5 cm³/mol. The van der Waals surface area contributed by atoms with Gasteiger partial charge in [0.15, 0.2) is 0 Å². The lowest BCUT2D eigenvalue weighted by molar-refractivity contribution is 0.173. The van der Waals surface area contributed by atoms with Crippen LogP contribution < -0.4 is 0 Å². The van der Waals surface area contributed by atoms with Crippen LogP contribution >= 0.6 is 11.6 Å². The Kier molecular flexibility index (Phi) is 4.59. The van der Waals surface area contributed by atoms with E-state index >= 15 is 0 Å². The number of H-pyrrole nitrogens is 1. The Morgan fingerprint density at radius 3 is 2.88 bits per heavy atom. The molecule has 3 heterocycles. The lowest BCUT2D eigenvalue weighted by Crippen LogP contribution is -2.38. The lowest BCUT2D eigenvalue weighted by Gasteiger charge is -2.31. The first-order chi connectivity index (χ1) is 12.2. The highest BCUT2D eigenvalue weighted by Crippen LogP contribution is 2.25. The molecule has 0 amide bonds. The van der Waals surface area contributed by atoms with Gasteiger partial charge in [0, 0.05) is 55.1 Å². The van der Waals surface area contributed by atoms with Crippen molar-refractivity contribution in [3.63, 3.8) is 0 Å². The normalized spacial score (nSPS) is 15.9. The van der Waals surface area contributed by atoms with E-state index in [1.54, 1.807) is 0 Å². The van der Waals surface area contributed by atoms with Crippen LogP contribution in [-0.4, -0.2) is 37.2 Å². The van der Waals surface area contributed by atoms with Gasteiger partial charge in [-0.1, -0.05) is 11.6 Å². The number of nitrogens with zero attached hydrogens (tertiary/aromatic N) is 4. The number of benzene rings is 1. The number of aromatic nitrogens is 4. The fraction of sp³-hybridized carbons (Fsp3) is 0.368. The van der Waals surface area contributed by atoms with Crippen molar-refractivity contribution in [3.8, 4) is 11.4 Å². The third-order valence-corrected chi connectivity index (χ3v) is 5.19. The number of halogens is 1. The van der Waals surface area contributed by atoms with Gasteiger partial charge in [-0.05, 0) is 43.7 Å². The van der Waals surface area contributed by atoms with Gasteiger partial charge in [0.25, 0.3) is 0 Å². The number of imidazole rings is 1. The summed E-state index contributed by atoms with van der Waals surface area (Å²) in [5, 5.41) is 5.03. The van der Waals surface area contributed by atoms with E-state index in [0.29, 0.717) is 6.04 Å². The Labute approximate surface area is 152 Å². The van der Waals surface area contributed by atoms with Crippen molar-refractivity contribution in [1.29, 1.82) is 0 Å². The predicted octanol–water partition coefficient (Wildman–Crippen LogP) is 3.76. The topological polar surface area (TPSA) is 49.7 Å². The molecule has 6 heteroatoms. The summed E-state index contributed by atoms with van der Waals surface area (Å²) in [6, 6.07) is 10.3. The molecule has 1 aliphatic rings. The number of fused-ring (bicyclic) bond motifs is 1. The van der Waals surface area contributed by atoms with Crippen LogP contribution in [-0.2, 0) is 19.5 Å².